The quantitative estimate of drug-likeness (QED) is 0.604. The lowest BCUT2D eigenvalue weighted by Gasteiger charge is -2.32. The van der Waals surface area contributed by atoms with Crippen molar-refractivity contribution >= 4 is 0 Å². The Morgan fingerprint density at radius 1 is 1.12 bits per heavy atom. The summed E-state index contributed by atoms with van der Waals surface area (Å²) in [4.78, 5) is 0. The molecule has 1 aromatic carbocycles. The summed E-state index contributed by atoms with van der Waals surface area (Å²) in [7, 11) is 0. The Labute approximate surface area is 98.2 Å². The van der Waals surface area contributed by atoms with Gasteiger partial charge in [-0.2, -0.15) is 0 Å². The molecule has 0 amide bonds. The molecule has 1 saturated carbocycles. The van der Waals surface area contributed by atoms with Crippen LogP contribution in [0.2, 0.25) is 0 Å². The van der Waals surface area contributed by atoms with Gasteiger partial charge in [0.05, 0.1) is 0 Å². The zero-order chi connectivity index (χ0) is 11.4. The lowest BCUT2D eigenvalue weighted by atomic mass is 9.77. The standard InChI is InChI=1S/C14H22N2/c1-11-7-9-13(10-8-11)14(16-15)12-5-3-2-4-6-12/h2-6,11,13-14,16H,7-10,15H2,1H3. The van der Waals surface area contributed by atoms with Crippen LogP contribution in [0.4, 0.5) is 0 Å². The van der Waals surface area contributed by atoms with E-state index < -0.39 is 0 Å². The molecular weight excluding hydrogens is 196 g/mol. The maximum atomic E-state index is 5.72. The summed E-state index contributed by atoms with van der Waals surface area (Å²) < 4.78 is 0. The van der Waals surface area contributed by atoms with Gasteiger partial charge in [0.2, 0.25) is 0 Å². The van der Waals surface area contributed by atoms with E-state index in [9.17, 15) is 0 Å². The topological polar surface area (TPSA) is 38.0 Å². The molecule has 0 heterocycles. The molecule has 0 saturated heterocycles. The van der Waals surface area contributed by atoms with Gasteiger partial charge in [0.1, 0.15) is 0 Å². The third-order valence-electron chi connectivity index (χ3n) is 3.87. The molecule has 2 heteroatoms. The van der Waals surface area contributed by atoms with Crippen molar-refractivity contribution in [1.82, 2.24) is 5.43 Å². The van der Waals surface area contributed by atoms with Crippen LogP contribution in [0.25, 0.3) is 0 Å². The fourth-order valence-corrected chi connectivity index (χ4v) is 2.78. The van der Waals surface area contributed by atoms with E-state index in [0.29, 0.717) is 12.0 Å². The van der Waals surface area contributed by atoms with Gasteiger partial charge in [-0.3, -0.25) is 11.3 Å². The van der Waals surface area contributed by atoms with Gasteiger partial charge in [-0.05, 0) is 30.2 Å². The van der Waals surface area contributed by atoms with Crippen LogP contribution in [0.1, 0.15) is 44.2 Å². The van der Waals surface area contributed by atoms with E-state index in [2.05, 4.69) is 42.7 Å². The van der Waals surface area contributed by atoms with E-state index in [1.807, 2.05) is 0 Å². The van der Waals surface area contributed by atoms with Crippen molar-refractivity contribution in [2.24, 2.45) is 17.7 Å². The molecule has 0 aromatic heterocycles. The number of nitrogens with one attached hydrogen (secondary N) is 1. The maximum absolute atomic E-state index is 5.72. The van der Waals surface area contributed by atoms with Crippen molar-refractivity contribution in [3.63, 3.8) is 0 Å². The first-order valence-corrected chi connectivity index (χ1v) is 6.32. The molecule has 16 heavy (non-hydrogen) atoms. The summed E-state index contributed by atoms with van der Waals surface area (Å²) in [6, 6.07) is 10.9. The number of rotatable bonds is 3. The number of nitrogens with two attached hydrogens (primary N) is 1. The van der Waals surface area contributed by atoms with Crippen LogP contribution in [0, 0.1) is 11.8 Å². The van der Waals surface area contributed by atoms with Crippen LogP contribution in [0.15, 0.2) is 30.3 Å². The molecule has 1 atom stereocenters. The second-order valence-electron chi connectivity index (χ2n) is 5.07. The van der Waals surface area contributed by atoms with Gasteiger partial charge in [-0.15, -0.1) is 0 Å². The third-order valence-corrected chi connectivity index (χ3v) is 3.87. The average Bonchev–Trinajstić information content (AvgIpc) is 2.34. The van der Waals surface area contributed by atoms with Crippen LogP contribution >= 0.6 is 0 Å². The highest BCUT2D eigenvalue weighted by atomic mass is 15.2. The lowest BCUT2D eigenvalue weighted by molar-refractivity contribution is 0.232. The first kappa shape index (κ1) is 11.6. The van der Waals surface area contributed by atoms with Crippen LogP contribution in [0.5, 0.6) is 0 Å². The second-order valence-corrected chi connectivity index (χ2v) is 5.07. The molecule has 3 N–H and O–H groups in total. The Balaban J connectivity index is 2.05. The molecule has 1 fully saturated rings. The highest BCUT2D eigenvalue weighted by molar-refractivity contribution is 5.19. The van der Waals surface area contributed by atoms with E-state index >= 15 is 0 Å². The summed E-state index contributed by atoms with van der Waals surface area (Å²) >= 11 is 0. The van der Waals surface area contributed by atoms with Crippen molar-refractivity contribution in [2.75, 3.05) is 0 Å². The molecule has 88 valence electrons. The molecule has 2 nitrogen and oxygen atoms in total. The fourth-order valence-electron chi connectivity index (χ4n) is 2.78. The Morgan fingerprint density at radius 3 is 2.31 bits per heavy atom. The Morgan fingerprint density at radius 2 is 1.75 bits per heavy atom. The minimum absolute atomic E-state index is 0.327. The number of hydrazine groups is 1. The fraction of sp³-hybridized carbons (Fsp3) is 0.571. The van der Waals surface area contributed by atoms with E-state index in [4.69, 9.17) is 5.84 Å². The Hall–Kier alpha value is -0.860. The minimum Gasteiger partial charge on any atom is -0.271 e. The van der Waals surface area contributed by atoms with Gasteiger partial charge in [-0.1, -0.05) is 50.1 Å². The first-order valence-electron chi connectivity index (χ1n) is 6.32. The largest absolute Gasteiger partial charge is 0.271 e. The van der Waals surface area contributed by atoms with Crippen molar-refractivity contribution in [3.05, 3.63) is 35.9 Å². The minimum atomic E-state index is 0.327. The highest BCUT2D eigenvalue weighted by Crippen LogP contribution is 2.36. The molecule has 0 bridgehead atoms. The average molecular weight is 218 g/mol. The van der Waals surface area contributed by atoms with Crippen LogP contribution < -0.4 is 11.3 Å². The summed E-state index contributed by atoms with van der Waals surface area (Å²) in [6.45, 7) is 2.35. The van der Waals surface area contributed by atoms with E-state index in [-0.39, 0.29) is 0 Å². The Bertz CT molecular complexity index is 302. The lowest BCUT2D eigenvalue weighted by Crippen LogP contribution is -2.35. The number of hydrogen-bond donors (Lipinski definition) is 2. The molecule has 1 unspecified atom stereocenters. The Kier molecular flexibility index (Phi) is 3.97. The van der Waals surface area contributed by atoms with Crippen molar-refractivity contribution in [1.29, 1.82) is 0 Å². The smallest absolute Gasteiger partial charge is 0.0488 e. The van der Waals surface area contributed by atoms with Crippen molar-refractivity contribution in [3.8, 4) is 0 Å². The predicted molar refractivity (Wildman–Crippen MR) is 67.6 cm³/mol. The van der Waals surface area contributed by atoms with Crippen LogP contribution in [-0.2, 0) is 0 Å². The summed E-state index contributed by atoms with van der Waals surface area (Å²) in [5.74, 6) is 7.31. The van der Waals surface area contributed by atoms with Crippen molar-refractivity contribution in [2.45, 2.75) is 38.6 Å². The summed E-state index contributed by atoms with van der Waals surface area (Å²) in [5, 5.41) is 0. The molecule has 1 aliphatic carbocycles. The molecule has 1 aromatic rings. The highest BCUT2D eigenvalue weighted by Gasteiger charge is 2.26. The second kappa shape index (κ2) is 5.46. The summed E-state index contributed by atoms with van der Waals surface area (Å²) in [5.41, 5.74) is 4.33. The molecule has 0 aliphatic heterocycles. The molecule has 2 rings (SSSR count). The normalized spacial score (nSPS) is 27.6. The van der Waals surface area contributed by atoms with E-state index in [1.165, 1.54) is 31.2 Å². The SMILES string of the molecule is CC1CCC(C(NN)c2ccccc2)CC1. The summed E-state index contributed by atoms with van der Waals surface area (Å²) in [6.07, 6.45) is 5.28. The number of hydrogen-bond acceptors (Lipinski definition) is 2. The zero-order valence-electron chi connectivity index (χ0n) is 10.0. The molecule has 0 spiro atoms. The monoisotopic (exact) mass is 218 g/mol. The van der Waals surface area contributed by atoms with Gasteiger partial charge in [-0.25, -0.2) is 0 Å². The van der Waals surface area contributed by atoms with E-state index in [1.54, 1.807) is 0 Å². The maximum Gasteiger partial charge on any atom is 0.0488 e. The van der Waals surface area contributed by atoms with Gasteiger partial charge >= 0.3 is 0 Å². The predicted octanol–water partition coefficient (Wildman–Crippen LogP) is 3.02. The van der Waals surface area contributed by atoms with Gasteiger partial charge in [0.25, 0.3) is 0 Å². The van der Waals surface area contributed by atoms with E-state index in [0.717, 1.165) is 5.92 Å². The van der Waals surface area contributed by atoms with Crippen molar-refractivity contribution < 1.29 is 0 Å². The van der Waals surface area contributed by atoms with Crippen LogP contribution in [0.3, 0.4) is 0 Å². The van der Waals surface area contributed by atoms with Gasteiger partial charge < -0.3 is 0 Å². The number of benzene rings is 1. The first-order chi connectivity index (χ1) is 7.81. The van der Waals surface area contributed by atoms with Crippen LogP contribution in [-0.4, -0.2) is 0 Å². The van der Waals surface area contributed by atoms with Gasteiger partial charge in [0.15, 0.2) is 0 Å². The molecule has 1 aliphatic rings. The molecular formula is C14H22N2. The van der Waals surface area contributed by atoms with Gasteiger partial charge in [0, 0.05) is 6.04 Å². The zero-order valence-corrected chi connectivity index (χ0v) is 10.0. The molecule has 0 radical (unpaired) electrons. The third kappa shape index (κ3) is 2.63.